The fourth-order valence-corrected chi connectivity index (χ4v) is 4.08. The summed E-state index contributed by atoms with van der Waals surface area (Å²) in [6.07, 6.45) is 6.61. The summed E-state index contributed by atoms with van der Waals surface area (Å²) in [5.74, 6) is 1.00. The molecule has 196 valence electrons. The average Bonchev–Trinajstić information content (AvgIpc) is 2.77. The second-order valence-electron chi connectivity index (χ2n) is 9.95. The summed E-state index contributed by atoms with van der Waals surface area (Å²) in [5.41, 5.74) is 2.36. The van der Waals surface area contributed by atoms with Gasteiger partial charge in [0.2, 0.25) is 0 Å². The van der Waals surface area contributed by atoms with Crippen LogP contribution in [0.15, 0.2) is 45.1 Å². The van der Waals surface area contributed by atoms with E-state index in [0.29, 0.717) is 29.6 Å². The molecule has 2 rings (SSSR count). The number of nitrogens with zero attached hydrogens (tertiary/aromatic N) is 2. The molecule has 0 aliphatic carbocycles. The number of rotatable bonds is 14. The van der Waals surface area contributed by atoms with Gasteiger partial charge in [-0.05, 0) is 64.2 Å². The summed E-state index contributed by atoms with van der Waals surface area (Å²) in [6.45, 7) is 12.0. The van der Waals surface area contributed by atoms with E-state index in [1.54, 1.807) is 6.07 Å². The van der Waals surface area contributed by atoms with Crippen molar-refractivity contribution in [3.8, 4) is 5.75 Å². The van der Waals surface area contributed by atoms with Crippen LogP contribution in [0.1, 0.15) is 58.9 Å². The zero-order valence-electron chi connectivity index (χ0n) is 22.4. The lowest BCUT2D eigenvalue weighted by molar-refractivity contribution is -0.883. The molecule has 0 fully saturated rings. The quantitative estimate of drug-likeness (QED) is 0.156. The Hall–Kier alpha value is -2.12. The summed E-state index contributed by atoms with van der Waals surface area (Å²) in [6, 6.07) is 7.14. The van der Waals surface area contributed by atoms with E-state index in [9.17, 15) is 9.59 Å². The maximum absolute atomic E-state index is 12.7. The number of fused-ring (bicyclic) bond motifs is 1. The molecule has 1 amide bonds. The smallest absolute Gasteiger partial charge is 0.336 e. The van der Waals surface area contributed by atoms with E-state index >= 15 is 0 Å². The Morgan fingerprint density at radius 3 is 2.34 bits per heavy atom. The molecular weight excluding hydrogens is 508 g/mol. The topological polar surface area (TPSA) is 59.8 Å². The molecule has 0 aliphatic rings. The molecule has 0 bridgehead atoms. The van der Waals surface area contributed by atoms with Crippen molar-refractivity contribution in [3.05, 3.63) is 51.9 Å². The van der Waals surface area contributed by atoms with Crippen LogP contribution in [-0.2, 0) is 11.2 Å². The van der Waals surface area contributed by atoms with Crippen LogP contribution >= 0.6 is 0 Å². The number of allylic oxidation sites excluding steroid dienone is 2. The summed E-state index contributed by atoms with van der Waals surface area (Å²) in [4.78, 5) is 26.6. The van der Waals surface area contributed by atoms with Crippen LogP contribution in [0.5, 0.6) is 5.75 Å². The highest BCUT2D eigenvalue weighted by Crippen LogP contribution is 2.28. The van der Waals surface area contributed by atoms with Gasteiger partial charge in [0.25, 0.3) is 5.91 Å². The molecule has 0 N–H and O–H groups in total. The number of carbonyl (C=O) groups excluding carboxylic acids is 1. The minimum absolute atomic E-state index is 0. The molecule has 0 aliphatic heterocycles. The molecule has 1 aromatic carbocycles. The van der Waals surface area contributed by atoms with Gasteiger partial charge in [-0.2, -0.15) is 0 Å². The average molecular weight is 552 g/mol. The van der Waals surface area contributed by atoms with Crippen LogP contribution in [0.3, 0.4) is 0 Å². The van der Waals surface area contributed by atoms with Crippen molar-refractivity contribution in [3.63, 3.8) is 0 Å². The monoisotopic (exact) mass is 550 g/mol. The maximum atomic E-state index is 12.7. The Morgan fingerprint density at radius 1 is 1.06 bits per heavy atom. The molecule has 0 saturated heterocycles. The SMILES string of the molecule is CCCN(CCC)C(=O)C[N+](C)(C)CCCCOc1ccc2ccc(=O)oc2c1CC=C(C)C.[Br-]. The molecule has 6 nitrogen and oxygen atoms in total. The molecule has 1 heterocycles. The first kappa shape index (κ1) is 30.9. The van der Waals surface area contributed by atoms with Gasteiger partial charge in [0.1, 0.15) is 11.3 Å². The maximum Gasteiger partial charge on any atom is 0.336 e. The number of benzene rings is 1. The van der Waals surface area contributed by atoms with E-state index in [-0.39, 0.29) is 28.5 Å². The highest BCUT2D eigenvalue weighted by molar-refractivity contribution is 5.82. The Morgan fingerprint density at radius 2 is 1.71 bits per heavy atom. The van der Waals surface area contributed by atoms with E-state index in [0.717, 1.165) is 62.0 Å². The van der Waals surface area contributed by atoms with Gasteiger partial charge in [-0.15, -0.1) is 0 Å². The zero-order valence-corrected chi connectivity index (χ0v) is 23.9. The molecule has 0 spiro atoms. The number of halogens is 1. The van der Waals surface area contributed by atoms with Gasteiger partial charge in [0, 0.05) is 30.1 Å². The third-order valence-corrected chi connectivity index (χ3v) is 5.88. The number of quaternary nitrogens is 1. The number of hydrogen-bond acceptors (Lipinski definition) is 4. The molecule has 0 radical (unpaired) electrons. The highest BCUT2D eigenvalue weighted by atomic mass is 79.9. The normalized spacial score (nSPS) is 11.1. The second-order valence-corrected chi connectivity index (χ2v) is 9.95. The van der Waals surface area contributed by atoms with Crippen molar-refractivity contribution < 1.29 is 35.4 Å². The molecule has 0 unspecified atom stereocenters. The zero-order chi connectivity index (χ0) is 25.1. The Labute approximate surface area is 221 Å². The van der Waals surface area contributed by atoms with Gasteiger partial charge in [-0.1, -0.05) is 25.5 Å². The van der Waals surface area contributed by atoms with Crippen LogP contribution in [0.25, 0.3) is 11.0 Å². The summed E-state index contributed by atoms with van der Waals surface area (Å²) in [7, 11) is 4.25. The standard InChI is InChI=1S/C28H43N2O4.BrH/c1-7-17-29(18-8-2)26(31)21-30(5,6)19-9-10-20-33-25-15-12-23-13-16-27(32)34-28(23)24(25)14-11-22(3)4;/h11-13,15-16H,7-10,14,17-21H2,1-6H3;1H/q+1;/p-1. The van der Waals surface area contributed by atoms with E-state index < -0.39 is 0 Å². The minimum atomic E-state index is -0.353. The fraction of sp³-hybridized carbons (Fsp3) is 0.571. The van der Waals surface area contributed by atoms with Crippen molar-refractivity contribution in [2.24, 2.45) is 0 Å². The molecule has 1 aromatic heterocycles. The Kier molecular flexibility index (Phi) is 13.3. The van der Waals surface area contributed by atoms with Gasteiger partial charge < -0.3 is 35.5 Å². The van der Waals surface area contributed by atoms with Crippen molar-refractivity contribution >= 4 is 16.9 Å². The van der Waals surface area contributed by atoms with Gasteiger partial charge >= 0.3 is 5.63 Å². The predicted molar refractivity (Wildman–Crippen MR) is 139 cm³/mol. The van der Waals surface area contributed by atoms with Crippen molar-refractivity contribution in [1.29, 1.82) is 0 Å². The van der Waals surface area contributed by atoms with Crippen molar-refractivity contribution in [2.75, 3.05) is 46.9 Å². The van der Waals surface area contributed by atoms with Crippen molar-refractivity contribution in [2.45, 2.75) is 59.8 Å². The van der Waals surface area contributed by atoms with Crippen LogP contribution in [0.4, 0.5) is 0 Å². The van der Waals surface area contributed by atoms with E-state index in [1.807, 2.05) is 17.0 Å². The van der Waals surface area contributed by atoms with Gasteiger partial charge in [0.15, 0.2) is 6.54 Å². The van der Waals surface area contributed by atoms with E-state index in [1.165, 1.54) is 11.6 Å². The van der Waals surface area contributed by atoms with Crippen LogP contribution in [0, 0.1) is 0 Å². The number of ether oxygens (including phenoxy) is 1. The third kappa shape index (κ3) is 10.2. The Bertz CT molecular complexity index is 1020. The first-order chi connectivity index (χ1) is 16.2. The number of likely N-dealkylation sites (N-methyl/N-ethyl adjacent to an activating group) is 1. The highest BCUT2D eigenvalue weighted by Gasteiger charge is 2.23. The molecule has 0 saturated carbocycles. The van der Waals surface area contributed by atoms with E-state index in [4.69, 9.17) is 9.15 Å². The first-order valence-corrected chi connectivity index (χ1v) is 12.6. The molecular formula is C28H43BrN2O4. The van der Waals surface area contributed by atoms with E-state index in [2.05, 4.69) is 47.9 Å². The number of unbranched alkanes of at least 4 members (excludes halogenated alkanes) is 1. The number of hydrogen-bond donors (Lipinski definition) is 0. The van der Waals surface area contributed by atoms with Crippen LogP contribution in [-0.4, -0.2) is 62.2 Å². The largest absolute Gasteiger partial charge is 1.00 e. The Balaban J connectivity index is 0.00000612. The third-order valence-electron chi connectivity index (χ3n) is 5.88. The summed E-state index contributed by atoms with van der Waals surface area (Å²) < 4.78 is 12.3. The fourth-order valence-electron chi connectivity index (χ4n) is 4.08. The summed E-state index contributed by atoms with van der Waals surface area (Å²) in [5, 5.41) is 0.896. The van der Waals surface area contributed by atoms with Crippen molar-refractivity contribution in [1.82, 2.24) is 4.90 Å². The summed E-state index contributed by atoms with van der Waals surface area (Å²) >= 11 is 0. The molecule has 0 atom stereocenters. The molecule has 35 heavy (non-hydrogen) atoms. The van der Waals surface area contributed by atoms with Crippen LogP contribution < -0.4 is 27.3 Å². The van der Waals surface area contributed by atoms with Gasteiger partial charge in [0.05, 0.1) is 27.2 Å². The minimum Gasteiger partial charge on any atom is -1.00 e. The molecule has 2 aromatic rings. The lowest BCUT2D eigenvalue weighted by Gasteiger charge is -2.32. The predicted octanol–water partition coefficient (Wildman–Crippen LogP) is 2.19. The van der Waals surface area contributed by atoms with Gasteiger partial charge in [-0.3, -0.25) is 4.79 Å². The first-order valence-electron chi connectivity index (χ1n) is 12.6. The van der Waals surface area contributed by atoms with Gasteiger partial charge in [-0.25, -0.2) is 4.79 Å². The number of carbonyl (C=O) groups is 1. The molecule has 7 heteroatoms. The lowest BCUT2D eigenvalue weighted by atomic mass is 10.1. The number of amides is 1. The van der Waals surface area contributed by atoms with Crippen LogP contribution in [0.2, 0.25) is 0 Å². The second kappa shape index (κ2) is 15.1. The lowest BCUT2D eigenvalue weighted by Crippen LogP contribution is -3.00.